The number of carbonyl (C=O) groups excluding carboxylic acids is 3. The molecule has 1 fully saturated rings. The van der Waals surface area contributed by atoms with E-state index in [2.05, 4.69) is 5.32 Å². The normalized spacial score (nSPS) is 13.0. The molecule has 8 nitrogen and oxygen atoms in total. The van der Waals surface area contributed by atoms with Crippen molar-refractivity contribution in [3.63, 3.8) is 0 Å². The molecule has 0 saturated heterocycles. The highest BCUT2D eigenvalue weighted by Gasteiger charge is 2.34. The topological polar surface area (TPSA) is 109 Å². The van der Waals surface area contributed by atoms with Crippen LogP contribution in [0.1, 0.15) is 46.0 Å². The van der Waals surface area contributed by atoms with Crippen LogP contribution in [0.4, 0.5) is 4.39 Å². The van der Waals surface area contributed by atoms with Gasteiger partial charge in [0.15, 0.2) is 5.78 Å². The predicted molar refractivity (Wildman–Crippen MR) is 132 cm³/mol. The van der Waals surface area contributed by atoms with Crippen molar-refractivity contribution in [2.75, 3.05) is 13.1 Å². The molecule has 36 heavy (non-hydrogen) atoms. The number of benzene rings is 2. The van der Waals surface area contributed by atoms with Gasteiger partial charge in [-0.3, -0.25) is 14.4 Å². The Balaban J connectivity index is 1.45. The molecule has 0 bridgehead atoms. The molecule has 1 aliphatic rings. The molecular formula is C26H25ClFN3O5. The number of aromatic nitrogens is 1. The highest BCUT2D eigenvalue weighted by atomic mass is 35.5. The van der Waals surface area contributed by atoms with E-state index in [-0.39, 0.29) is 60.3 Å². The Morgan fingerprint density at radius 1 is 1.19 bits per heavy atom. The molecular weight excluding hydrogens is 489 g/mol. The first-order valence-corrected chi connectivity index (χ1v) is 11.9. The van der Waals surface area contributed by atoms with E-state index in [4.69, 9.17) is 11.6 Å². The Morgan fingerprint density at radius 2 is 1.94 bits per heavy atom. The van der Waals surface area contributed by atoms with Crippen molar-refractivity contribution < 1.29 is 28.7 Å². The van der Waals surface area contributed by atoms with Crippen molar-refractivity contribution in [3.05, 3.63) is 70.1 Å². The van der Waals surface area contributed by atoms with Gasteiger partial charge in [0, 0.05) is 29.7 Å². The first-order valence-electron chi connectivity index (χ1n) is 11.5. The maximum absolute atomic E-state index is 14.0. The van der Waals surface area contributed by atoms with Gasteiger partial charge in [0.2, 0.25) is 11.8 Å². The molecule has 0 atom stereocenters. The summed E-state index contributed by atoms with van der Waals surface area (Å²) in [5, 5.41) is 12.6. The van der Waals surface area contributed by atoms with E-state index in [1.54, 1.807) is 29.0 Å². The number of nitrogens with one attached hydrogen (secondary N) is 1. The molecule has 0 spiro atoms. The molecule has 2 amide bonds. The van der Waals surface area contributed by atoms with Gasteiger partial charge in [-0.25, -0.2) is 9.18 Å². The molecule has 2 N–H and O–H groups in total. The Bertz CT molecular complexity index is 1370. The second-order valence-electron chi connectivity index (χ2n) is 8.83. The quantitative estimate of drug-likeness (QED) is 0.402. The Labute approximate surface area is 211 Å². The van der Waals surface area contributed by atoms with Gasteiger partial charge in [-0.05, 0) is 49.9 Å². The van der Waals surface area contributed by atoms with Crippen LogP contribution >= 0.6 is 11.6 Å². The van der Waals surface area contributed by atoms with Crippen molar-refractivity contribution in [3.8, 4) is 0 Å². The van der Waals surface area contributed by atoms with Crippen LogP contribution in [0.3, 0.4) is 0 Å². The van der Waals surface area contributed by atoms with Crippen LogP contribution in [0, 0.1) is 5.82 Å². The number of carbonyl (C=O) groups is 4. The molecule has 188 valence electrons. The average molecular weight is 514 g/mol. The van der Waals surface area contributed by atoms with Crippen LogP contribution in [0.2, 0.25) is 5.02 Å². The first kappa shape index (κ1) is 25.4. The highest BCUT2D eigenvalue weighted by molar-refractivity contribution is 6.30. The fourth-order valence-electron chi connectivity index (χ4n) is 4.17. The summed E-state index contributed by atoms with van der Waals surface area (Å²) in [5.74, 6) is -2.52. The molecule has 1 saturated carbocycles. The zero-order chi connectivity index (χ0) is 26.0. The maximum Gasteiger partial charge on any atom is 0.335 e. The largest absolute Gasteiger partial charge is 0.478 e. The number of rotatable bonds is 10. The maximum atomic E-state index is 14.0. The van der Waals surface area contributed by atoms with Crippen molar-refractivity contribution in [2.24, 2.45) is 0 Å². The monoisotopic (exact) mass is 513 g/mol. The lowest BCUT2D eigenvalue weighted by molar-refractivity contribution is -0.137. The van der Waals surface area contributed by atoms with E-state index in [1.807, 2.05) is 0 Å². The van der Waals surface area contributed by atoms with Crippen LogP contribution in [0.5, 0.6) is 0 Å². The van der Waals surface area contributed by atoms with Crippen LogP contribution in [-0.2, 0) is 22.6 Å². The van der Waals surface area contributed by atoms with Gasteiger partial charge < -0.3 is 19.9 Å². The Hall–Kier alpha value is -3.72. The molecule has 4 rings (SSSR count). The number of Topliss-reactive ketones (excluding diaryl/α,β-unsaturated/α-hetero) is 1. The number of nitrogens with zero attached hydrogens (tertiary/aromatic N) is 2. The summed E-state index contributed by atoms with van der Waals surface area (Å²) in [6.45, 7) is 1.29. The van der Waals surface area contributed by atoms with Crippen molar-refractivity contribution in [1.82, 2.24) is 14.8 Å². The summed E-state index contributed by atoms with van der Waals surface area (Å²) < 4.78 is 15.6. The summed E-state index contributed by atoms with van der Waals surface area (Å²) >= 11 is 5.79. The highest BCUT2D eigenvalue weighted by Crippen LogP contribution is 2.28. The standard InChI is InChI=1S/C26H25ClFN3O5/c1-15(32)20-12-30(22-11-17(26(35)36)5-8-19(20)22)14-24(34)31(18-6-7-18)13-23(33)29-10-9-16-3-2-4-21(27)25(16)28/h2-5,8,11-12,18H,6-7,9-10,13-14H2,1H3,(H,29,33)(H,35,36). The van der Waals surface area contributed by atoms with Crippen LogP contribution in [0.15, 0.2) is 42.6 Å². The van der Waals surface area contributed by atoms with Crippen molar-refractivity contribution in [1.29, 1.82) is 0 Å². The minimum atomic E-state index is -1.12. The number of ketones is 1. The molecule has 1 heterocycles. The molecule has 0 radical (unpaired) electrons. The third-order valence-electron chi connectivity index (χ3n) is 6.18. The number of fused-ring (bicyclic) bond motifs is 1. The predicted octanol–water partition coefficient (Wildman–Crippen LogP) is 3.68. The van der Waals surface area contributed by atoms with Gasteiger partial charge in [-0.2, -0.15) is 0 Å². The third kappa shape index (κ3) is 5.57. The van der Waals surface area contributed by atoms with E-state index in [0.29, 0.717) is 22.0 Å². The average Bonchev–Trinajstić information content (AvgIpc) is 3.61. The Kier molecular flexibility index (Phi) is 7.40. The summed E-state index contributed by atoms with van der Waals surface area (Å²) in [6, 6.07) is 9.04. The van der Waals surface area contributed by atoms with Gasteiger partial charge in [0.25, 0.3) is 0 Å². The minimum absolute atomic E-state index is 0.0188. The Morgan fingerprint density at radius 3 is 2.61 bits per heavy atom. The van der Waals surface area contributed by atoms with Crippen LogP contribution < -0.4 is 5.32 Å². The first-order chi connectivity index (χ1) is 17.2. The number of hydrogen-bond donors (Lipinski definition) is 2. The van der Waals surface area contributed by atoms with Gasteiger partial charge >= 0.3 is 5.97 Å². The summed E-state index contributed by atoms with van der Waals surface area (Å²) in [5.41, 5.74) is 1.27. The lowest BCUT2D eigenvalue weighted by atomic mass is 10.1. The lowest BCUT2D eigenvalue weighted by Crippen LogP contribution is -2.43. The molecule has 3 aromatic rings. The van der Waals surface area contributed by atoms with E-state index in [1.165, 1.54) is 30.0 Å². The van der Waals surface area contributed by atoms with Crippen LogP contribution in [0.25, 0.3) is 10.9 Å². The van der Waals surface area contributed by atoms with E-state index in [9.17, 15) is 28.7 Å². The second kappa shape index (κ2) is 10.5. The lowest BCUT2D eigenvalue weighted by Gasteiger charge is -2.22. The van der Waals surface area contributed by atoms with E-state index in [0.717, 1.165) is 12.8 Å². The number of halogens is 2. The smallest absolute Gasteiger partial charge is 0.335 e. The fraction of sp³-hybridized carbons (Fsp3) is 0.308. The van der Waals surface area contributed by atoms with Crippen molar-refractivity contribution >= 4 is 46.1 Å². The second-order valence-corrected chi connectivity index (χ2v) is 9.24. The number of amides is 2. The fourth-order valence-corrected chi connectivity index (χ4v) is 4.36. The SMILES string of the molecule is CC(=O)c1cn(CC(=O)N(CC(=O)NCCc2cccc(Cl)c2F)C2CC2)c2cc(C(=O)O)ccc12. The van der Waals surface area contributed by atoms with Crippen LogP contribution in [-0.4, -0.2) is 57.3 Å². The van der Waals surface area contributed by atoms with Gasteiger partial charge in [-0.15, -0.1) is 0 Å². The van der Waals surface area contributed by atoms with Gasteiger partial charge in [0.1, 0.15) is 12.4 Å². The zero-order valence-electron chi connectivity index (χ0n) is 19.6. The zero-order valence-corrected chi connectivity index (χ0v) is 20.3. The number of carboxylic acid groups (broad SMARTS) is 1. The third-order valence-corrected chi connectivity index (χ3v) is 6.48. The van der Waals surface area contributed by atoms with E-state index >= 15 is 0 Å². The molecule has 2 aromatic carbocycles. The number of aromatic carboxylic acids is 1. The molecule has 1 aromatic heterocycles. The molecule has 10 heteroatoms. The van der Waals surface area contributed by atoms with Crippen molar-refractivity contribution in [2.45, 2.75) is 38.8 Å². The van der Waals surface area contributed by atoms with Gasteiger partial charge in [0.05, 0.1) is 22.6 Å². The number of hydrogen-bond acceptors (Lipinski definition) is 4. The molecule has 0 unspecified atom stereocenters. The summed E-state index contributed by atoms with van der Waals surface area (Å²) in [7, 11) is 0. The van der Waals surface area contributed by atoms with E-state index < -0.39 is 11.8 Å². The minimum Gasteiger partial charge on any atom is -0.478 e. The molecule has 1 aliphatic carbocycles. The summed E-state index contributed by atoms with van der Waals surface area (Å²) in [6.07, 6.45) is 3.36. The number of carboxylic acids is 1. The summed E-state index contributed by atoms with van der Waals surface area (Å²) in [4.78, 5) is 50.8. The molecule has 0 aliphatic heterocycles. The van der Waals surface area contributed by atoms with Gasteiger partial charge in [-0.1, -0.05) is 29.8 Å².